The molecule has 50 heavy (non-hydrogen) atoms. The van der Waals surface area contributed by atoms with Crippen LogP contribution in [-0.4, -0.2) is 41.8 Å². The molecule has 0 unspecified atom stereocenters. The Bertz CT molecular complexity index is 1870. The molecule has 0 saturated heterocycles. The van der Waals surface area contributed by atoms with E-state index in [1.165, 1.54) is 11.1 Å². The van der Waals surface area contributed by atoms with Gasteiger partial charge < -0.3 is 10.6 Å². The molecule has 0 aliphatic carbocycles. The molecule has 3 aromatic carbocycles. The van der Waals surface area contributed by atoms with Gasteiger partial charge in [0.2, 0.25) is 11.8 Å². The molecule has 0 fully saturated rings. The van der Waals surface area contributed by atoms with E-state index in [2.05, 4.69) is 97.1 Å². The largest absolute Gasteiger partial charge is 0.325 e. The Morgan fingerprint density at radius 2 is 0.860 bits per heavy atom. The lowest BCUT2D eigenvalue weighted by Crippen LogP contribution is -2.29. The third-order valence-electron chi connectivity index (χ3n) is 8.55. The number of anilines is 2. The number of carbonyl (C=O) groups excluding carboxylic acids is 2. The summed E-state index contributed by atoms with van der Waals surface area (Å²) in [5, 5.41) is 24.2. The summed E-state index contributed by atoms with van der Waals surface area (Å²) in [6.45, 7) is 24.2. The molecule has 2 N–H and O–H groups in total. The first-order valence-corrected chi connectivity index (χ1v) is 17.0. The number of benzene rings is 3. The molecule has 0 saturated carbocycles. The predicted molar refractivity (Wildman–Crippen MR) is 201 cm³/mol. The van der Waals surface area contributed by atoms with Gasteiger partial charge in [-0.1, -0.05) is 118 Å². The molecule has 10 heteroatoms. The molecule has 0 aliphatic heterocycles. The minimum Gasteiger partial charge on any atom is -0.325 e. The smallest absolute Gasteiger partial charge is 0.229 e. The number of amides is 2. The van der Waals surface area contributed by atoms with Crippen LogP contribution in [0.5, 0.6) is 0 Å². The SMILES string of the molecule is CC(C)(C)C(=O)Nc1cc(NC(=O)C(C)(C)C)c(-c2cn(-c3ccc(C(C)(C)C)cc3)nn2)cc1-c1cn(-c2ccc(C(C)(C)C)cc2)nn1. The Labute approximate surface area is 295 Å². The zero-order valence-corrected chi connectivity index (χ0v) is 31.4. The number of carbonyl (C=O) groups is 2. The van der Waals surface area contributed by atoms with Gasteiger partial charge in [0.25, 0.3) is 0 Å². The highest BCUT2D eigenvalue weighted by molar-refractivity contribution is 6.04. The molecule has 2 heterocycles. The standard InChI is InChI=1S/C40H50N8O2/c1-37(2,3)25-13-17-27(18-14-25)47-23-33(43-45-47)29-21-30(34-24-48(46-44-34)28-19-15-26(16-20-28)38(4,5)6)32(42-36(50)40(10,11)12)22-31(29)41-35(49)39(7,8)9/h13-24H,1-12H3,(H,41,49)(H,42,50). The monoisotopic (exact) mass is 674 g/mol. The van der Waals surface area contributed by atoms with Crippen molar-refractivity contribution in [2.45, 2.75) is 93.9 Å². The van der Waals surface area contributed by atoms with E-state index < -0.39 is 10.8 Å². The maximum absolute atomic E-state index is 13.4. The van der Waals surface area contributed by atoms with Gasteiger partial charge >= 0.3 is 0 Å². The van der Waals surface area contributed by atoms with Crippen LogP contribution in [0.15, 0.2) is 73.1 Å². The second-order valence-electron chi connectivity index (χ2n) is 17.0. The highest BCUT2D eigenvalue weighted by Crippen LogP contribution is 2.39. The first kappa shape index (κ1) is 36.2. The molecule has 5 aromatic rings. The fourth-order valence-corrected chi connectivity index (χ4v) is 5.11. The molecule has 0 bridgehead atoms. The first-order chi connectivity index (χ1) is 23.1. The average molecular weight is 675 g/mol. The summed E-state index contributed by atoms with van der Waals surface area (Å²) < 4.78 is 3.42. The summed E-state index contributed by atoms with van der Waals surface area (Å²) in [7, 11) is 0. The normalized spacial score (nSPS) is 12.6. The van der Waals surface area contributed by atoms with Crippen molar-refractivity contribution in [1.82, 2.24) is 30.0 Å². The van der Waals surface area contributed by atoms with Crippen LogP contribution in [0.2, 0.25) is 0 Å². The van der Waals surface area contributed by atoms with Gasteiger partial charge in [-0.25, -0.2) is 9.36 Å². The highest BCUT2D eigenvalue weighted by atomic mass is 16.2. The van der Waals surface area contributed by atoms with Crippen LogP contribution < -0.4 is 10.6 Å². The van der Waals surface area contributed by atoms with E-state index in [0.29, 0.717) is 33.9 Å². The third kappa shape index (κ3) is 8.01. The van der Waals surface area contributed by atoms with Crippen molar-refractivity contribution < 1.29 is 9.59 Å². The van der Waals surface area contributed by atoms with Crippen molar-refractivity contribution in [2.75, 3.05) is 10.6 Å². The molecule has 5 rings (SSSR count). The summed E-state index contributed by atoms with van der Waals surface area (Å²) >= 11 is 0. The van der Waals surface area contributed by atoms with E-state index in [4.69, 9.17) is 0 Å². The summed E-state index contributed by atoms with van der Waals surface area (Å²) in [5.74, 6) is -0.371. The molecule has 0 atom stereocenters. The first-order valence-electron chi connectivity index (χ1n) is 17.0. The molecular weight excluding hydrogens is 624 g/mol. The van der Waals surface area contributed by atoms with Gasteiger partial charge in [-0.3, -0.25) is 9.59 Å². The zero-order valence-electron chi connectivity index (χ0n) is 31.4. The lowest BCUT2D eigenvalue weighted by atomic mass is 9.87. The number of hydrogen-bond acceptors (Lipinski definition) is 6. The van der Waals surface area contributed by atoms with E-state index in [0.717, 1.165) is 11.4 Å². The summed E-state index contributed by atoms with van der Waals surface area (Å²) in [4.78, 5) is 26.8. The van der Waals surface area contributed by atoms with Crippen LogP contribution in [-0.2, 0) is 20.4 Å². The number of aromatic nitrogens is 6. The van der Waals surface area contributed by atoms with Crippen molar-refractivity contribution in [3.63, 3.8) is 0 Å². The van der Waals surface area contributed by atoms with Crippen LogP contribution in [0.4, 0.5) is 11.4 Å². The highest BCUT2D eigenvalue weighted by Gasteiger charge is 2.27. The van der Waals surface area contributed by atoms with Crippen molar-refractivity contribution in [2.24, 2.45) is 10.8 Å². The molecule has 0 radical (unpaired) electrons. The van der Waals surface area contributed by atoms with Crippen LogP contribution in [0, 0.1) is 10.8 Å². The van der Waals surface area contributed by atoms with Crippen LogP contribution in [0.25, 0.3) is 33.9 Å². The topological polar surface area (TPSA) is 120 Å². The predicted octanol–water partition coefficient (Wildman–Crippen LogP) is 8.75. The summed E-state index contributed by atoms with van der Waals surface area (Å²) in [5.41, 5.74) is 6.09. The van der Waals surface area contributed by atoms with Crippen LogP contribution in [0.3, 0.4) is 0 Å². The zero-order chi connectivity index (χ0) is 36.8. The van der Waals surface area contributed by atoms with Crippen LogP contribution in [0.1, 0.15) is 94.2 Å². The summed E-state index contributed by atoms with van der Waals surface area (Å²) in [6.07, 6.45) is 3.66. The number of nitrogens with zero attached hydrogens (tertiary/aromatic N) is 6. The quantitative estimate of drug-likeness (QED) is 0.186. The van der Waals surface area contributed by atoms with Crippen molar-refractivity contribution in [1.29, 1.82) is 0 Å². The van der Waals surface area contributed by atoms with Gasteiger partial charge in [-0.05, 0) is 58.4 Å². The lowest BCUT2D eigenvalue weighted by molar-refractivity contribution is -0.123. The van der Waals surface area contributed by atoms with Crippen LogP contribution >= 0.6 is 0 Å². The van der Waals surface area contributed by atoms with Gasteiger partial charge in [-0.15, -0.1) is 10.2 Å². The molecule has 0 spiro atoms. The van der Waals surface area contributed by atoms with E-state index >= 15 is 0 Å². The Morgan fingerprint density at radius 1 is 0.520 bits per heavy atom. The number of hydrogen-bond donors (Lipinski definition) is 2. The van der Waals surface area contributed by atoms with Gasteiger partial charge in [0.1, 0.15) is 11.4 Å². The summed E-state index contributed by atoms with van der Waals surface area (Å²) in [6, 6.07) is 20.1. The molecule has 262 valence electrons. The van der Waals surface area contributed by atoms with E-state index in [9.17, 15) is 9.59 Å². The Kier molecular flexibility index (Phi) is 9.38. The molecule has 2 aromatic heterocycles. The second-order valence-corrected chi connectivity index (χ2v) is 17.0. The molecule has 0 aliphatic rings. The van der Waals surface area contributed by atoms with Gasteiger partial charge in [0.05, 0.1) is 35.1 Å². The lowest BCUT2D eigenvalue weighted by Gasteiger charge is -2.22. The fraction of sp³-hybridized carbons (Fsp3) is 0.400. The van der Waals surface area contributed by atoms with Gasteiger partial charge in [-0.2, -0.15) is 0 Å². The van der Waals surface area contributed by atoms with E-state index in [-0.39, 0.29) is 22.6 Å². The minimum atomic E-state index is -0.678. The molecule has 2 amide bonds. The molecule has 10 nitrogen and oxygen atoms in total. The third-order valence-corrected chi connectivity index (χ3v) is 8.55. The maximum atomic E-state index is 13.4. The van der Waals surface area contributed by atoms with Crippen molar-refractivity contribution in [3.8, 4) is 33.9 Å². The van der Waals surface area contributed by atoms with Gasteiger partial charge in [0, 0.05) is 22.0 Å². The van der Waals surface area contributed by atoms with Gasteiger partial charge in [0.15, 0.2) is 0 Å². The Balaban J connectivity index is 1.65. The molecular formula is C40H50N8O2. The van der Waals surface area contributed by atoms with E-state index in [1.807, 2.05) is 84.3 Å². The fourth-order valence-electron chi connectivity index (χ4n) is 5.11. The second kappa shape index (κ2) is 13.0. The Hall–Kier alpha value is -5.12. The number of nitrogens with one attached hydrogen (secondary N) is 2. The number of rotatable bonds is 6. The maximum Gasteiger partial charge on any atom is 0.229 e. The average Bonchev–Trinajstić information content (AvgIpc) is 3.71. The van der Waals surface area contributed by atoms with E-state index in [1.54, 1.807) is 15.4 Å². The minimum absolute atomic E-state index is 0.0183. The van der Waals surface area contributed by atoms with Crippen molar-refractivity contribution in [3.05, 3.63) is 84.2 Å². The van der Waals surface area contributed by atoms with Crippen molar-refractivity contribution >= 4 is 23.2 Å². The Morgan fingerprint density at radius 3 is 1.16 bits per heavy atom.